The minimum atomic E-state index is 0.757. The fraction of sp³-hybridized carbons (Fsp3) is 0.455. The number of nitrogens with one attached hydrogen (secondary N) is 1. The van der Waals surface area contributed by atoms with E-state index in [1.165, 1.54) is 22.9 Å². The summed E-state index contributed by atoms with van der Waals surface area (Å²) in [7, 11) is 2.05. The fourth-order valence-electron chi connectivity index (χ4n) is 1.77. The van der Waals surface area contributed by atoms with Gasteiger partial charge in [0.1, 0.15) is 0 Å². The van der Waals surface area contributed by atoms with E-state index in [0.717, 1.165) is 12.0 Å². The van der Waals surface area contributed by atoms with E-state index in [0.29, 0.717) is 0 Å². The summed E-state index contributed by atoms with van der Waals surface area (Å²) in [5.41, 5.74) is 1.44. The number of hydrogen-bond donors (Lipinski definition) is 1. The highest BCUT2D eigenvalue weighted by molar-refractivity contribution is 9.10. The molecule has 1 aromatic carbocycles. The molecule has 0 aromatic heterocycles. The van der Waals surface area contributed by atoms with Gasteiger partial charge < -0.3 is 5.32 Å². The Balaban J connectivity index is 1.99. The summed E-state index contributed by atoms with van der Waals surface area (Å²) in [5, 5.41) is 3.31. The summed E-state index contributed by atoms with van der Waals surface area (Å²) in [5.74, 6) is 0.851. The van der Waals surface area contributed by atoms with E-state index >= 15 is 0 Å². The molecule has 0 spiro atoms. The summed E-state index contributed by atoms with van der Waals surface area (Å²) in [6, 6.07) is 9.25. The molecule has 0 aliphatic heterocycles. The molecule has 1 saturated carbocycles. The van der Waals surface area contributed by atoms with Crippen LogP contribution in [0.4, 0.5) is 0 Å². The summed E-state index contributed by atoms with van der Waals surface area (Å²) < 4.78 is 1.25. The van der Waals surface area contributed by atoms with Crippen molar-refractivity contribution in [2.45, 2.75) is 18.9 Å². The van der Waals surface area contributed by atoms with Gasteiger partial charge in [0.05, 0.1) is 0 Å². The highest BCUT2D eigenvalue weighted by Crippen LogP contribution is 2.34. The SMILES string of the molecule is CNC1CC1Cc1ccccc1Br. The van der Waals surface area contributed by atoms with Crippen molar-refractivity contribution in [3.63, 3.8) is 0 Å². The van der Waals surface area contributed by atoms with E-state index in [1.807, 2.05) is 7.05 Å². The second kappa shape index (κ2) is 3.81. The normalized spacial score (nSPS) is 26.0. The molecule has 1 aliphatic carbocycles. The molecular weight excluding hydrogens is 226 g/mol. The summed E-state index contributed by atoms with van der Waals surface area (Å²) in [6.07, 6.45) is 2.53. The molecule has 2 rings (SSSR count). The third-order valence-electron chi connectivity index (χ3n) is 2.73. The molecule has 0 bridgehead atoms. The van der Waals surface area contributed by atoms with Gasteiger partial charge in [0, 0.05) is 10.5 Å². The molecule has 1 fully saturated rings. The first-order chi connectivity index (χ1) is 6.31. The lowest BCUT2D eigenvalue weighted by atomic mass is 10.1. The van der Waals surface area contributed by atoms with Gasteiger partial charge in [-0.15, -0.1) is 0 Å². The van der Waals surface area contributed by atoms with Crippen LogP contribution in [0.1, 0.15) is 12.0 Å². The molecule has 1 nitrogen and oxygen atoms in total. The summed E-state index contributed by atoms with van der Waals surface area (Å²) >= 11 is 3.57. The van der Waals surface area contributed by atoms with Crippen molar-refractivity contribution in [2.75, 3.05) is 7.05 Å². The van der Waals surface area contributed by atoms with Crippen LogP contribution < -0.4 is 5.32 Å². The van der Waals surface area contributed by atoms with E-state index in [-0.39, 0.29) is 0 Å². The number of hydrogen-bond acceptors (Lipinski definition) is 1. The molecule has 1 aromatic rings. The summed E-state index contributed by atoms with van der Waals surface area (Å²) in [6.45, 7) is 0. The van der Waals surface area contributed by atoms with Crippen molar-refractivity contribution < 1.29 is 0 Å². The van der Waals surface area contributed by atoms with Crippen LogP contribution in [0.25, 0.3) is 0 Å². The molecular formula is C11H14BrN. The van der Waals surface area contributed by atoms with E-state index in [4.69, 9.17) is 0 Å². The maximum absolute atomic E-state index is 3.57. The minimum Gasteiger partial charge on any atom is -0.317 e. The molecule has 2 atom stereocenters. The maximum atomic E-state index is 3.57. The maximum Gasteiger partial charge on any atom is 0.0207 e. The zero-order chi connectivity index (χ0) is 9.26. The fourth-order valence-corrected chi connectivity index (χ4v) is 2.22. The second-order valence-corrected chi connectivity index (χ2v) is 4.54. The van der Waals surface area contributed by atoms with Crippen LogP contribution in [0.3, 0.4) is 0 Å². The molecule has 0 saturated heterocycles. The third-order valence-corrected chi connectivity index (χ3v) is 3.51. The molecule has 1 aliphatic rings. The minimum absolute atomic E-state index is 0.757. The molecule has 0 heterocycles. The highest BCUT2D eigenvalue weighted by atomic mass is 79.9. The molecule has 70 valence electrons. The Labute approximate surface area is 87.7 Å². The van der Waals surface area contributed by atoms with Crippen LogP contribution in [0.15, 0.2) is 28.7 Å². The highest BCUT2D eigenvalue weighted by Gasteiger charge is 2.35. The van der Waals surface area contributed by atoms with Gasteiger partial charge in [-0.05, 0) is 37.4 Å². The number of halogens is 1. The second-order valence-electron chi connectivity index (χ2n) is 3.69. The quantitative estimate of drug-likeness (QED) is 0.856. The lowest BCUT2D eigenvalue weighted by Crippen LogP contribution is -2.11. The van der Waals surface area contributed by atoms with Crippen LogP contribution in [-0.4, -0.2) is 13.1 Å². The van der Waals surface area contributed by atoms with Gasteiger partial charge in [0.2, 0.25) is 0 Å². The first-order valence-corrected chi connectivity index (χ1v) is 5.51. The number of benzene rings is 1. The topological polar surface area (TPSA) is 12.0 Å². The molecule has 0 radical (unpaired) electrons. The first kappa shape index (κ1) is 9.22. The molecule has 0 amide bonds. The Morgan fingerprint density at radius 3 is 2.85 bits per heavy atom. The third kappa shape index (κ3) is 2.12. The standard InChI is InChI=1S/C11H14BrN/c1-13-11-7-9(11)6-8-4-2-3-5-10(8)12/h2-5,9,11,13H,6-7H2,1H3. The predicted molar refractivity (Wildman–Crippen MR) is 58.8 cm³/mol. The van der Waals surface area contributed by atoms with Crippen LogP contribution in [-0.2, 0) is 6.42 Å². The smallest absolute Gasteiger partial charge is 0.0207 e. The lowest BCUT2D eigenvalue weighted by molar-refractivity contribution is 0.701. The van der Waals surface area contributed by atoms with Gasteiger partial charge in [0.15, 0.2) is 0 Å². The van der Waals surface area contributed by atoms with Crippen molar-refractivity contribution in [3.05, 3.63) is 34.3 Å². The van der Waals surface area contributed by atoms with E-state index in [9.17, 15) is 0 Å². The Bertz CT molecular complexity index is 298. The van der Waals surface area contributed by atoms with Crippen molar-refractivity contribution in [1.82, 2.24) is 5.32 Å². The Hall–Kier alpha value is -0.340. The van der Waals surface area contributed by atoms with Gasteiger partial charge in [-0.2, -0.15) is 0 Å². The van der Waals surface area contributed by atoms with E-state index in [2.05, 4.69) is 45.5 Å². The van der Waals surface area contributed by atoms with E-state index in [1.54, 1.807) is 0 Å². The van der Waals surface area contributed by atoms with Gasteiger partial charge >= 0.3 is 0 Å². The first-order valence-electron chi connectivity index (χ1n) is 4.72. The van der Waals surface area contributed by atoms with Crippen molar-refractivity contribution >= 4 is 15.9 Å². The Morgan fingerprint density at radius 1 is 1.46 bits per heavy atom. The van der Waals surface area contributed by atoms with Crippen molar-refractivity contribution in [1.29, 1.82) is 0 Å². The van der Waals surface area contributed by atoms with Crippen molar-refractivity contribution in [3.8, 4) is 0 Å². The monoisotopic (exact) mass is 239 g/mol. The zero-order valence-corrected chi connectivity index (χ0v) is 9.34. The zero-order valence-electron chi connectivity index (χ0n) is 7.76. The average Bonchev–Trinajstić information content (AvgIpc) is 2.88. The average molecular weight is 240 g/mol. The molecule has 2 unspecified atom stereocenters. The van der Waals surface area contributed by atoms with Gasteiger partial charge in [0.25, 0.3) is 0 Å². The number of rotatable bonds is 3. The van der Waals surface area contributed by atoms with Gasteiger partial charge in [-0.25, -0.2) is 0 Å². The van der Waals surface area contributed by atoms with Gasteiger partial charge in [-0.1, -0.05) is 34.1 Å². The molecule has 13 heavy (non-hydrogen) atoms. The largest absolute Gasteiger partial charge is 0.317 e. The van der Waals surface area contributed by atoms with Crippen LogP contribution in [0.2, 0.25) is 0 Å². The van der Waals surface area contributed by atoms with Crippen LogP contribution in [0, 0.1) is 5.92 Å². The van der Waals surface area contributed by atoms with Crippen LogP contribution >= 0.6 is 15.9 Å². The van der Waals surface area contributed by atoms with Crippen LogP contribution in [0.5, 0.6) is 0 Å². The van der Waals surface area contributed by atoms with E-state index < -0.39 is 0 Å². The Morgan fingerprint density at radius 2 is 2.23 bits per heavy atom. The summed E-state index contributed by atoms with van der Waals surface area (Å²) in [4.78, 5) is 0. The Kier molecular flexibility index (Phi) is 2.70. The predicted octanol–water partition coefficient (Wildman–Crippen LogP) is 2.60. The van der Waals surface area contributed by atoms with Gasteiger partial charge in [-0.3, -0.25) is 0 Å². The lowest BCUT2D eigenvalue weighted by Gasteiger charge is -2.02. The molecule has 2 heteroatoms. The van der Waals surface area contributed by atoms with Crippen molar-refractivity contribution in [2.24, 2.45) is 5.92 Å². The molecule has 1 N–H and O–H groups in total.